The molecule has 0 heterocycles. The average Bonchev–Trinajstić information content (AvgIpc) is 2.04. The number of aliphatic hydroxyl groups excluding tert-OH is 1. The standard InChI is InChI=1S/C10H22O3/c1-4-5-6-13-10(3)8-12-7-9(2)11/h9-11H,4-8H2,1-3H3/t9-,10+/m0/s1. The van der Waals surface area contributed by atoms with Gasteiger partial charge in [-0.3, -0.25) is 0 Å². The predicted molar refractivity (Wildman–Crippen MR) is 52.8 cm³/mol. The largest absolute Gasteiger partial charge is 0.391 e. The van der Waals surface area contributed by atoms with Gasteiger partial charge in [-0.15, -0.1) is 0 Å². The van der Waals surface area contributed by atoms with E-state index in [2.05, 4.69) is 6.92 Å². The lowest BCUT2D eigenvalue weighted by Gasteiger charge is -2.13. The molecule has 3 heteroatoms. The maximum absolute atomic E-state index is 8.91. The molecule has 2 atom stereocenters. The van der Waals surface area contributed by atoms with Gasteiger partial charge in [0.05, 0.1) is 25.4 Å². The zero-order valence-corrected chi connectivity index (χ0v) is 8.95. The molecular weight excluding hydrogens is 168 g/mol. The first-order valence-corrected chi connectivity index (χ1v) is 5.04. The SMILES string of the molecule is CCCCO[C@H](C)COC[C@H](C)O. The van der Waals surface area contributed by atoms with Gasteiger partial charge in [0.15, 0.2) is 0 Å². The van der Waals surface area contributed by atoms with Crippen LogP contribution in [0.1, 0.15) is 33.6 Å². The summed E-state index contributed by atoms with van der Waals surface area (Å²) in [6.45, 7) is 7.59. The van der Waals surface area contributed by atoms with E-state index in [1.54, 1.807) is 6.92 Å². The summed E-state index contributed by atoms with van der Waals surface area (Å²) in [5.41, 5.74) is 0. The molecule has 0 spiro atoms. The smallest absolute Gasteiger partial charge is 0.0780 e. The fraction of sp³-hybridized carbons (Fsp3) is 1.00. The molecule has 0 aromatic heterocycles. The van der Waals surface area contributed by atoms with Gasteiger partial charge in [-0.05, 0) is 20.3 Å². The number of unbranched alkanes of at least 4 members (excludes halogenated alkanes) is 1. The van der Waals surface area contributed by atoms with Crippen molar-refractivity contribution in [3.8, 4) is 0 Å². The second-order valence-corrected chi connectivity index (χ2v) is 3.42. The maximum atomic E-state index is 8.91. The number of hydrogen-bond donors (Lipinski definition) is 1. The van der Waals surface area contributed by atoms with Gasteiger partial charge in [-0.1, -0.05) is 13.3 Å². The number of hydrogen-bond acceptors (Lipinski definition) is 3. The molecule has 0 aliphatic carbocycles. The second-order valence-electron chi connectivity index (χ2n) is 3.42. The molecule has 3 nitrogen and oxygen atoms in total. The molecule has 0 amide bonds. The zero-order chi connectivity index (χ0) is 10.1. The van der Waals surface area contributed by atoms with Crippen LogP contribution in [0, 0.1) is 0 Å². The van der Waals surface area contributed by atoms with Crippen molar-refractivity contribution in [2.75, 3.05) is 19.8 Å². The third-order valence-corrected chi connectivity index (χ3v) is 1.61. The summed E-state index contributed by atoms with van der Waals surface area (Å²) in [5, 5.41) is 8.91. The van der Waals surface area contributed by atoms with Gasteiger partial charge >= 0.3 is 0 Å². The van der Waals surface area contributed by atoms with E-state index in [4.69, 9.17) is 14.6 Å². The molecule has 0 aliphatic heterocycles. The van der Waals surface area contributed by atoms with Crippen LogP contribution in [0.5, 0.6) is 0 Å². The summed E-state index contributed by atoms with van der Waals surface area (Å²) >= 11 is 0. The van der Waals surface area contributed by atoms with Crippen LogP contribution >= 0.6 is 0 Å². The second kappa shape index (κ2) is 8.48. The third-order valence-electron chi connectivity index (χ3n) is 1.61. The fourth-order valence-corrected chi connectivity index (χ4v) is 0.882. The van der Waals surface area contributed by atoms with Gasteiger partial charge < -0.3 is 14.6 Å². The van der Waals surface area contributed by atoms with Gasteiger partial charge in [0.1, 0.15) is 0 Å². The van der Waals surface area contributed by atoms with E-state index in [0.717, 1.165) is 19.4 Å². The highest BCUT2D eigenvalue weighted by Crippen LogP contribution is 1.96. The Balaban J connectivity index is 3.15. The van der Waals surface area contributed by atoms with Crippen molar-refractivity contribution in [1.29, 1.82) is 0 Å². The molecule has 1 N–H and O–H groups in total. The Kier molecular flexibility index (Phi) is 8.40. The van der Waals surface area contributed by atoms with E-state index < -0.39 is 0 Å². The summed E-state index contributed by atoms with van der Waals surface area (Å²) in [6.07, 6.45) is 2.00. The van der Waals surface area contributed by atoms with Gasteiger partial charge in [0.25, 0.3) is 0 Å². The van der Waals surface area contributed by atoms with Gasteiger partial charge in [-0.2, -0.15) is 0 Å². The van der Waals surface area contributed by atoms with Crippen LogP contribution in [-0.4, -0.2) is 37.1 Å². The summed E-state index contributed by atoms with van der Waals surface area (Å²) in [5.74, 6) is 0. The van der Waals surface area contributed by atoms with Crippen molar-refractivity contribution < 1.29 is 14.6 Å². The van der Waals surface area contributed by atoms with Gasteiger partial charge in [-0.25, -0.2) is 0 Å². The Morgan fingerprint density at radius 3 is 2.46 bits per heavy atom. The van der Waals surface area contributed by atoms with Crippen molar-refractivity contribution in [2.24, 2.45) is 0 Å². The summed E-state index contributed by atoms with van der Waals surface area (Å²) in [4.78, 5) is 0. The van der Waals surface area contributed by atoms with E-state index in [-0.39, 0.29) is 12.2 Å². The maximum Gasteiger partial charge on any atom is 0.0780 e. The van der Waals surface area contributed by atoms with Crippen molar-refractivity contribution in [3.63, 3.8) is 0 Å². The summed E-state index contributed by atoms with van der Waals surface area (Å²) in [7, 11) is 0. The number of ether oxygens (including phenoxy) is 2. The lowest BCUT2D eigenvalue weighted by molar-refractivity contribution is -0.0288. The molecule has 0 unspecified atom stereocenters. The van der Waals surface area contributed by atoms with Crippen LogP contribution in [0.3, 0.4) is 0 Å². The molecule has 0 aliphatic rings. The highest BCUT2D eigenvalue weighted by atomic mass is 16.5. The van der Waals surface area contributed by atoms with Crippen LogP contribution in [0.15, 0.2) is 0 Å². The first-order valence-electron chi connectivity index (χ1n) is 5.04. The van der Waals surface area contributed by atoms with Crippen LogP contribution in [0.4, 0.5) is 0 Å². The van der Waals surface area contributed by atoms with E-state index in [9.17, 15) is 0 Å². The third kappa shape index (κ3) is 9.80. The van der Waals surface area contributed by atoms with Crippen LogP contribution < -0.4 is 0 Å². The van der Waals surface area contributed by atoms with Crippen molar-refractivity contribution in [3.05, 3.63) is 0 Å². The molecule has 0 rings (SSSR count). The summed E-state index contributed by atoms with van der Waals surface area (Å²) in [6, 6.07) is 0. The first-order chi connectivity index (χ1) is 6.16. The normalized spacial score (nSPS) is 15.7. The van der Waals surface area contributed by atoms with Crippen LogP contribution in [-0.2, 0) is 9.47 Å². The number of rotatable bonds is 8. The van der Waals surface area contributed by atoms with Crippen molar-refractivity contribution in [1.82, 2.24) is 0 Å². The minimum atomic E-state index is -0.386. The highest BCUT2D eigenvalue weighted by Gasteiger charge is 2.02. The fourth-order valence-electron chi connectivity index (χ4n) is 0.882. The monoisotopic (exact) mass is 190 g/mol. The lowest BCUT2D eigenvalue weighted by atomic mass is 10.3. The molecule has 80 valence electrons. The Bertz CT molecular complexity index is 104. The molecule has 0 saturated heterocycles. The average molecular weight is 190 g/mol. The van der Waals surface area contributed by atoms with E-state index in [1.807, 2.05) is 6.92 Å². The molecule has 13 heavy (non-hydrogen) atoms. The predicted octanol–water partition coefficient (Wildman–Crippen LogP) is 1.59. The Labute approximate surface area is 81.0 Å². The minimum Gasteiger partial charge on any atom is -0.391 e. The quantitative estimate of drug-likeness (QED) is 0.591. The van der Waals surface area contributed by atoms with Crippen molar-refractivity contribution >= 4 is 0 Å². The van der Waals surface area contributed by atoms with Crippen LogP contribution in [0.2, 0.25) is 0 Å². The Morgan fingerprint density at radius 1 is 1.23 bits per heavy atom. The van der Waals surface area contributed by atoms with E-state index in [1.165, 1.54) is 0 Å². The van der Waals surface area contributed by atoms with Crippen LogP contribution in [0.25, 0.3) is 0 Å². The minimum absolute atomic E-state index is 0.130. The van der Waals surface area contributed by atoms with Gasteiger partial charge in [0.2, 0.25) is 0 Å². The molecule has 0 saturated carbocycles. The molecule has 0 aromatic rings. The number of aliphatic hydroxyl groups is 1. The van der Waals surface area contributed by atoms with Gasteiger partial charge in [0, 0.05) is 6.61 Å². The molecule has 0 aromatic carbocycles. The van der Waals surface area contributed by atoms with E-state index in [0.29, 0.717) is 13.2 Å². The molecule has 0 radical (unpaired) electrons. The highest BCUT2D eigenvalue weighted by molar-refractivity contribution is 4.49. The molecule has 0 fully saturated rings. The Morgan fingerprint density at radius 2 is 1.92 bits per heavy atom. The summed E-state index contributed by atoms with van der Waals surface area (Å²) < 4.78 is 10.7. The Hall–Kier alpha value is -0.120. The zero-order valence-electron chi connectivity index (χ0n) is 8.95. The van der Waals surface area contributed by atoms with E-state index >= 15 is 0 Å². The first kappa shape index (κ1) is 12.9. The van der Waals surface area contributed by atoms with Crippen molar-refractivity contribution in [2.45, 2.75) is 45.8 Å². The topological polar surface area (TPSA) is 38.7 Å². The molecule has 0 bridgehead atoms. The lowest BCUT2D eigenvalue weighted by Crippen LogP contribution is -2.20. The molecular formula is C10H22O3.